The maximum absolute atomic E-state index is 6.33. The molecule has 0 saturated carbocycles. The lowest BCUT2D eigenvalue weighted by Gasteiger charge is -2.36. The highest BCUT2D eigenvalue weighted by Gasteiger charge is 2.37. The molecule has 0 atom stereocenters. The zero-order valence-corrected chi connectivity index (χ0v) is 18.5. The maximum atomic E-state index is 6.33. The summed E-state index contributed by atoms with van der Waals surface area (Å²) in [5.41, 5.74) is 1.01. The fourth-order valence-electron chi connectivity index (χ4n) is 1.85. The summed E-state index contributed by atoms with van der Waals surface area (Å²) >= 11 is 1.57. The quantitative estimate of drug-likeness (QED) is 0.323. The molecule has 0 amide bonds. The van der Waals surface area contributed by atoms with Gasteiger partial charge in [0.15, 0.2) is 21.9 Å². The molecule has 5 nitrogen and oxygen atoms in total. The van der Waals surface area contributed by atoms with Crippen LogP contribution < -0.4 is 9.47 Å². The monoisotopic (exact) mass is 388 g/mol. The average molecular weight is 389 g/mol. The van der Waals surface area contributed by atoms with Crippen LogP contribution in [0.4, 0.5) is 0 Å². The third-order valence-corrected chi connectivity index (χ3v) is 9.64. The Hall–Kier alpha value is -0.733. The number of hydrogen-bond donors (Lipinski definition) is 0. The summed E-state index contributed by atoms with van der Waals surface area (Å²) < 4.78 is 27.9. The van der Waals surface area contributed by atoms with Crippen molar-refractivity contribution in [2.45, 2.75) is 50.4 Å². The van der Waals surface area contributed by atoms with E-state index in [-0.39, 0.29) is 18.6 Å². The van der Waals surface area contributed by atoms with Crippen molar-refractivity contribution in [2.24, 2.45) is 0 Å². The third-order valence-electron chi connectivity index (χ3n) is 4.36. The van der Waals surface area contributed by atoms with E-state index in [9.17, 15) is 0 Å². The van der Waals surface area contributed by atoms with E-state index < -0.39 is 8.32 Å². The first-order valence-electron chi connectivity index (χ1n) is 8.24. The standard InChI is InChI=1S/C18H32O5SSi/c1-18(2,3)25(7,8)23-11-14-9-15(21-12-19-4)17(24-6)16(10-14)22-13-20-5/h9-10H,11-13H2,1-8H3. The summed E-state index contributed by atoms with van der Waals surface area (Å²) in [4.78, 5) is 0.921. The first-order chi connectivity index (χ1) is 11.7. The van der Waals surface area contributed by atoms with Gasteiger partial charge in [-0.15, -0.1) is 11.8 Å². The molecule has 0 aliphatic carbocycles. The molecule has 7 heteroatoms. The van der Waals surface area contributed by atoms with Crippen LogP contribution in [0.1, 0.15) is 26.3 Å². The van der Waals surface area contributed by atoms with Gasteiger partial charge in [-0.1, -0.05) is 20.8 Å². The van der Waals surface area contributed by atoms with Crippen LogP contribution in [0.5, 0.6) is 11.5 Å². The summed E-state index contributed by atoms with van der Waals surface area (Å²) in [6.07, 6.45) is 1.99. The van der Waals surface area contributed by atoms with Gasteiger partial charge in [-0.25, -0.2) is 0 Å². The number of ether oxygens (including phenoxy) is 4. The third kappa shape index (κ3) is 6.49. The van der Waals surface area contributed by atoms with Gasteiger partial charge in [0.25, 0.3) is 0 Å². The van der Waals surface area contributed by atoms with E-state index >= 15 is 0 Å². The van der Waals surface area contributed by atoms with Gasteiger partial charge >= 0.3 is 0 Å². The number of benzene rings is 1. The van der Waals surface area contributed by atoms with Gasteiger partial charge in [0.1, 0.15) is 11.5 Å². The predicted octanol–water partition coefficient (Wildman–Crippen LogP) is 4.90. The molecule has 0 heterocycles. The Labute approximate surface area is 157 Å². The lowest BCUT2D eigenvalue weighted by Crippen LogP contribution is -2.40. The molecule has 25 heavy (non-hydrogen) atoms. The Morgan fingerprint density at radius 3 is 1.80 bits per heavy atom. The molecule has 0 aliphatic rings. The highest BCUT2D eigenvalue weighted by Crippen LogP contribution is 2.40. The minimum Gasteiger partial charge on any atom is -0.466 e. The molecular weight excluding hydrogens is 356 g/mol. The molecule has 144 valence electrons. The van der Waals surface area contributed by atoms with E-state index in [2.05, 4.69) is 33.9 Å². The normalized spacial score (nSPS) is 12.3. The van der Waals surface area contributed by atoms with Crippen molar-refractivity contribution >= 4 is 20.1 Å². The number of thioether (sulfide) groups is 1. The summed E-state index contributed by atoms with van der Waals surface area (Å²) in [5, 5.41) is 0.164. The molecule has 0 fully saturated rings. The minimum atomic E-state index is -1.83. The minimum absolute atomic E-state index is 0.164. The van der Waals surface area contributed by atoms with E-state index in [0.717, 1.165) is 22.0 Å². The van der Waals surface area contributed by atoms with E-state index in [1.807, 2.05) is 18.4 Å². The topological polar surface area (TPSA) is 46.2 Å². The van der Waals surface area contributed by atoms with Gasteiger partial charge in [0.05, 0.1) is 11.5 Å². The lowest BCUT2D eigenvalue weighted by molar-refractivity contribution is 0.0419. The first kappa shape index (κ1) is 22.3. The Morgan fingerprint density at radius 1 is 0.960 bits per heavy atom. The van der Waals surface area contributed by atoms with Gasteiger partial charge in [-0.3, -0.25) is 0 Å². The molecule has 0 radical (unpaired) electrons. The summed E-state index contributed by atoms with van der Waals surface area (Å²) in [5.74, 6) is 1.47. The van der Waals surface area contributed by atoms with Crippen LogP contribution in [0.15, 0.2) is 17.0 Å². The van der Waals surface area contributed by atoms with Crippen LogP contribution in [-0.4, -0.2) is 42.4 Å². The molecule has 0 aromatic heterocycles. The molecule has 0 bridgehead atoms. The van der Waals surface area contributed by atoms with E-state index in [1.165, 1.54) is 0 Å². The van der Waals surface area contributed by atoms with Crippen LogP contribution in [0.3, 0.4) is 0 Å². The van der Waals surface area contributed by atoms with Crippen molar-refractivity contribution in [1.82, 2.24) is 0 Å². The summed E-state index contributed by atoms with van der Waals surface area (Å²) in [6, 6.07) is 4.00. The number of rotatable bonds is 10. The fourth-order valence-corrected chi connectivity index (χ4v) is 3.45. The smallest absolute Gasteiger partial charge is 0.192 e. The summed E-state index contributed by atoms with van der Waals surface area (Å²) in [7, 11) is 1.37. The largest absolute Gasteiger partial charge is 0.466 e. The second-order valence-corrected chi connectivity index (χ2v) is 12.9. The van der Waals surface area contributed by atoms with E-state index in [1.54, 1.807) is 26.0 Å². The highest BCUT2D eigenvalue weighted by molar-refractivity contribution is 7.98. The van der Waals surface area contributed by atoms with E-state index in [0.29, 0.717) is 6.61 Å². The zero-order chi connectivity index (χ0) is 19.1. The van der Waals surface area contributed by atoms with Gasteiger partial charge in [0.2, 0.25) is 0 Å². The van der Waals surface area contributed by atoms with Gasteiger partial charge in [-0.05, 0) is 42.1 Å². The Morgan fingerprint density at radius 2 is 1.44 bits per heavy atom. The molecule has 0 saturated heterocycles. The highest BCUT2D eigenvalue weighted by atomic mass is 32.2. The molecule has 1 aromatic rings. The van der Waals surface area contributed by atoms with Crippen LogP contribution in [0.25, 0.3) is 0 Å². The second-order valence-electron chi connectivity index (χ2n) is 7.28. The van der Waals surface area contributed by atoms with Crippen molar-refractivity contribution in [2.75, 3.05) is 34.1 Å². The van der Waals surface area contributed by atoms with Crippen LogP contribution >= 0.6 is 11.8 Å². The maximum Gasteiger partial charge on any atom is 0.192 e. The van der Waals surface area contributed by atoms with Crippen LogP contribution in [0, 0.1) is 0 Å². The van der Waals surface area contributed by atoms with Crippen molar-refractivity contribution in [3.63, 3.8) is 0 Å². The van der Waals surface area contributed by atoms with Gasteiger partial charge in [0, 0.05) is 14.2 Å². The molecule has 1 aromatic carbocycles. The molecule has 0 unspecified atom stereocenters. The predicted molar refractivity (Wildman–Crippen MR) is 105 cm³/mol. The van der Waals surface area contributed by atoms with E-state index in [4.69, 9.17) is 23.4 Å². The number of methoxy groups -OCH3 is 2. The Kier molecular flexibility index (Phi) is 8.77. The molecule has 0 spiro atoms. The van der Waals surface area contributed by atoms with Gasteiger partial charge in [-0.2, -0.15) is 0 Å². The first-order valence-corrected chi connectivity index (χ1v) is 12.4. The van der Waals surface area contributed by atoms with Crippen molar-refractivity contribution in [3.8, 4) is 11.5 Å². The lowest BCUT2D eigenvalue weighted by atomic mass is 10.2. The van der Waals surface area contributed by atoms with Crippen molar-refractivity contribution in [3.05, 3.63) is 17.7 Å². The van der Waals surface area contributed by atoms with Crippen molar-refractivity contribution < 1.29 is 23.4 Å². The van der Waals surface area contributed by atoms with Crippen LogP contribution in [0.2, 0.25) is 18.1 Å². The molecule has 0 N–H and O–H groups in total. The Bertz CT molecular complexity index is 514. The van der Waals surface area contributed by atoms with Gasteiger partial charge < -0.3 is 23.4 Å². The summed E-state index contributed by atoms with van der Waals surface area (Å²) in [6.45, 7) is 12.1. The zero-order valence-electron chi connectivity index (χ0n) is 16.7. The molecule has 1 rings (SSSR count). The van der Waals surface area contributed by atoms with Crippen LogP contribution in [-0.2, 0) is 20.5 Å². The average Bonchev–Trinajstić information content (AvgIpc) is 2.54. The second kappa shape index (κ2) is 9.82. The molecular formula is C18H32O5SSi. The fraction of sp³-hybridized carbons (Fsp3) is 0.667. The molecule has 0 aliphatic heterocycles. The number of hydrogen-bond acceptors (Lipinski definition) is 6. The Balaban J connectivity index is 3.09. The SMILES string of the molecule is COCOc1cc(CO[Si](C)(C)C(C)(C)C)cc(OCOC)c1SC. The van der Waals surface area contributed by atoms with Crippen molar-refractivity contribution in [1.29, 1.82) is 0 Å².